The molecular formula is C43H64N2O13P2S2. The Kier molecular flexibility index (Phi) is 19.4. The number of aliphatic hydroxyl groups is 1. The summed E-state index contributed by atoms with van der Waals surface area (Å²) in [6.45, 7) is 0.990. The molecule has 0 aliphatic carbocycles. The predicted molar refractivity (Wildman–Crippen MR) is 238 cm³/mol. The highest BCUT2D eigenvalue weighted by molar-refractivity contribution is 8.07. The van der Waals surface area contributed by atoms with Crippen molar-refractivity contribution >= 4 is 48.8 Å². The largest absolute Gasteiger partial charge is 0.463 e. The molecular weight excluding hydrogens is 879 g/mol. The molecule has 3 heterocycles. The highest BCUT2D eigenvalue weighted by atomic mass is 32.5. The molecule has 3 aliphatic rings. The minimum absolute atomic E-state index is 0.00430. The molecule has 0 spiro atoms. The molecule has 0 radical (unpaired) electrons. The molecule has 19 heteroatoms. The summed E-state index contributed by atoms with van der Waals surface area (Å²) in [5, 5.41) is 30.5. The van der Waals surface area contributed by atoms with Crippen molar-refractivity contribution in [2.75, 3.05) is 39.6 Å². The predicted octanol–water partition coefficient (Wildman–Crippen LogP) is 7.74. The van der Waals surface area contributed by atoms with Gasteiger partial charge in [0.2, 0.25) is 0 Å². The molecule has 4 rings (SSSR count). The van der Waals surface area contributed by atoms with Crippen LogP contribution >= 0.6 is 13.4 Å². The van der Waals surface area contributed by atoms with Gasteiger partial charge >= 0.3 is 19.4 Å². The van der Waals surface area contributed by atoms with E-state index in [0.29, 0.717) is 19.3 Å². The first-order valence-corrected chi connectivity index (χ1v) is 25.9. The van der Waals surface area contributed by atoms with Gasteiger partial charge in [0.1, 0.15) is 30.7 Å². The number of ketones is 1. The first-order valence-electron chi connectivity index (χ1n) is 22.6. The van der Waals surface area contributed by atoms with Crippen molar-refractivity contribution in [2.45, 2.75) is 148 Å². The average molecular weight is 949 g/mol. The Morgan fingerprint density at radius 3 is 1.97 bits per heavy atom. The molecule has 1 aromatic rings. The maximum absolute atomic E-state index is 12.4. The fourth-order valence-corrected chi connectivity index (χ4v) is 12.1. The quantitative estimate of drug-likeness (QED) is 0.0486. The minimum atomic E-state index is -3.98. The molecule has 3 saturated heterocycles. The fraction of sp³-hybridized carbons (Fsp3) is 0.721. The van der Waals surface area contributed by atoms with Gasteiger partial charge in [0.15, 0.2) is 0 Å². The number of carbonyl (C=O) groups is 2. The minimum Gasteiger partial charge on any atom is -0.463 e. The fourth-order valence-electron chi connectivity index (χ4n) is 6.98. The summed E-state index contributed by atoms with van der Waals surface area (Å²) in [6.07, 6.45) is -4.50. The number of nitriles is 2. The lowest BCUT2D eigenvalue weighted by atomic mass is 9.77. The Morgan fingerprint density at radius 2 is 1.44 bits per heavy atom. The SMILES string of the molecule is [3H]C1CC(O)C(COP(=S)(OC2CC([3H])OC2COP(=S)(OC2CC([3H])OC2COC(=O)CCC(C)=O)OC(CC#N)C(C)(CC)CC=C)OC(CC#N)C(C)(C)Cc2ccccc2)O1. The number of hydrogen-bond donors (Lipinski definition) is 1. The van der Waals surface area contributed by atoms with E-state index >= 15 is 0 Å². The maximum atomic E-state index is 12.4. The third-order valence-electron chi connectivity index (χ3n) is 11.1. The van der Waals surface area contributed by atoms with Crippen LogP contribution in [0, 0.1) is 33.5 Å². The highest BCUT2D eigenvalue weighted by Gasteiger charge is 2.45. The Hall–Kier alpha value is -2.02. The van der Waals surface area contributed by atoms with Crippen molar-refractivity contribution in [1.82, 2.24) is 0 Å². The van der Waals surface area contributed by atoms with Crippen molar-refractivity contribution in [2.24, 2.45) is 10.8 Å². The molecule has 0 amide bonds. The summed E-state index contributed by atoms with van der Waals surface area (Å²) in [5.74, 6) is -0.804. The van der Waals surface area contributed by atoms with E-state index in [0.717, 1.165) is 5.56 Å². The number of ether oxygens (including phenoxy) is 4. The van der Waals surface area contributed by atoms with E-state index in [2.05, 4.69) is 18.7 Å². The van der Waals surface area contributed by atoms with Gasteiger partial charge in [-0.05, 0) is 72.6 Å². The van der Waals surface area contributed by atoms with E-state index in [1.807, 2.05) is 58.0 Å². The van der Waals surface area contributed by atoms with E-state index in [1.54, 1.807) is 6.08 Å². The summed E-state index contributed by atoms with van der Waals surface area (Å²) in [5.41, 5.74) is -0.317. The Labute approximate surface area is 381 Å². The van der Waals surface area contributed by atoms with Gasteiger partial charge in [-0.2, -0.15) is 10.5 Å². The van der Waals surface area contributed by atoms with E-state index in [1.165, 1.54) is 6.92 Å². The van der Waals surface area contributed by atoms with Gasteiger partial charge in [0.25, 0.3) is 0 Å². The van der Waals surface area contributed by atoms with E-state index in [-0.39, 0.29) is 70.5 Å². The van der Waals surface area contributed by atoms with Gasteiger partial charge in [0.05, 0.1) is 79.2 Å². The van der Waals surface area contributed by atoms with Crippen LogP contribution in [0.5, 0.6) is 0 Å². The summed E-state index contributed by atoms with van der Waals surface area (Å²) >= 11 is 12.2. The number of allylic oxidation sites excluding steroid dienone is 1. The Bertz CT molecular complexity index is 1920. The van der Waals surface area contributed by atoms with Crippen LogP contribution in [-0.2, 0) is 85.7 Å². The highest BCUT2D eigenvalue weighted by Crippen LogP contribution is 2.59. The Balaban J connectivity index is 1.63. The molecule has 3 fully saturated rings. The number of carbonyl (C=O) groups excluding carboxylic acids is 2. The molecule has 3 aliphatic heterocycles. The van der Waals surface area contributed by atoms with Gasteiger partial charge in [-0.15, -0.1) is 6.58 Å². The number of esters is 1. The van der Waals surface area contributed by atoms with Crippen LogP contribution in [-0.4, -0.2) is 105 Å². The van der Waals surface area contributed by atoms with Crippen LogP contribution in [0.25, 0.3) is 0 Å². The number of Topliss-reactive ketones (excluding diaryl/α,β-unsaturated/α-hetero) is 1. The molecule has 0 bridgehead atoms. The molecule has 14 atom stereocenters. The zero-order valence-corrected chi connectivity index (χ0v) is 39.6. The number of nitrogens with zero attached hydrogens (tertiary/aromatic N) is 2. The van der Waals surface area contributed by atoms with Crippen LogP contribution in [0.4, 0.5) is 0 Å². The lowest BCUT2D eigenvalue weighted by Gasteiger charge is -2.39. The molecule has 0 saturated carbocycles. The lowest BCUT2D eigenvalue weighted by Crippen LogP contribution is -2.36. The molecule has 1 aromatic carbocycles. The van der Waals surface area contributed by atoms with Crippen LogP contribution in [0.1, 0.15) is 102 Å². The van der Waals surface area contributed by atoms with Gasteiger partial charge in [-0.1, -0.05) is 64.1 Å². The third kappa shape index (κ3) is 16.1. The average Bonchev–Trinajstić information content (AvgIpc) is 3.89. The molecule has 15 nitrogen and oxygen atoms in total. The summed E-state index contributed by atoms with van der Waals surface area (Å²) in [6, 6.07) is 14.1. The van der Waals surface area contributed by atoms with Crippen molar-refractivity contribution in [3.63, 3.8) is 0 Å². The second-order valence-electron chi connectivity index (χ2n) is 16.5. The molecule has 14 unspecified atom stereocenters. The first kappa shape index (κ1) is 47.9. The Morgan fingerprint density at radius 1 is 0.903 bits per heavy atom. The second kappa shape index (κ2) is 25.0. The molecule has 346 valence electrons. The van der Waals surface area contributed by atoms with Crippen LogP contribution in [0.2, 0.25) is 0 Å². The number of benzene rings is 1. The standard InChI is InChI=1S/C43H64N2O13P2S2/c1-7-21-43(6,8-2)40(17-23-45)58-60(62,55-34-19-25-50-37(34)28-52-41(48)15-14-31(3)46)54-30-38-35(20-26-51-38)56-59(61,53-29-36-33(47)18-24-49-36)57-39(16-22-44)42(4,5)27-32-12-10-9-11-13-32/h7,9-13,33-40,47H,1,8,14-21,24-30H2,2-6H3/i24T,25T,26T. The van der Waals surface area contributed by atoms with Gasteiger partial charge in [-0.3, -0.25) is 4.79 Å². The molecule has 1 N–H and O–H groups in total. The number of hydrogen-bond acceptors (Lipinski definition) is 17. The van der Waals surface area contributed by atoms with E-state index < -0.39 is 98.8 Å². The van der Waals surface area contributed by atoms with Gasteiger partial charge < -0.3 is 56.0 Å². The van der Waals surface area contributed by atoms with Crippen molar-refractivity contribution < 1.29 is 64.9 Å². The third-order valence-corrected chi connectivity index (χ3v) is 15.8. The molecule has 0 aromatic heterocycles. The summed E-state index contributed by atoms with van der Waals surface area (Å²) < 4.78 is 86.6. The summed E-state index contributed by atoms with van der Waals surface area (Å²) in [4.78, 5) is 23.9. The van der Waals surface area contributed by atoms with Crippen molar-refractivity contribution in [3.05, 3.63) is 48.6 Å². The maximum Gasteiger partial charge on any atom is 0.327 e. The monoisotopic (exact) mass is 948 g/mol. The van der Waals surface area contributed by atoms with Crippen LogP contribution in [0.15, 0.2) is 43.0 Å². The zero-order valence-electron chi connectivity index (χ0n) is 39.2. The van der Waals surface area contributed by atoms with Gasteiger partial charge in [-0.25, -0.2) is 0 Å². The van der Waals surface area contributed by atoms with E-state index in [9.17, 15) is 25.2 Å². The van der Waals surface area contributed by atoms with Gasteiger partial charge in [0, 0.05) is 39.0 Å². The number of rotatable bonds is 28. The first-order chi connectivity index (χ1) is 30.7. The summed E-state index contributed by atoms with van der Waals surface area (Å²) in [7, 11) is 0. The smallest absolute Gasteiger partial charge is 0.327 e. The topological polar surface area (TPSA) is 194 Å². The van der Waals surface area contributed by atoms with Crippen molar-refractivity contribution in [3.8, 4) is 12.1 Å². The zero-order chi connectivity index (χ0) is 48.0. The van der Waals surface area contributed by atoms with E-state index in [4.69, 9.17) is 73.8 Å². The van der Waals surface area contributed by atoms with Crippen LogP contribution in [0.3, 0.4) is 0 Å². The lowest BCUT2D eigenvalue weighted by molar-refractivity contribution is -0.149. The molecule has 62 heavy (non-hydrogen) atoms. The second-order valence-corrected chi connectivity index (χ2v) is 22.4. The normalized spacial score (nSPS) is 30.8. The number of aliphatic hydroxyl groups excluding tert-OH is 1. The van der Waals surface area contributed by atoms with Crippen molar-refractivity contribution in [1.29, 1.82) is 10.5 Å². The van der Waals surface area contributed by atoms with Crippen LogP contribution < -0.4 is 0 Å².